The second kappa shape index (κ2) is 9.95. The summed E-state index contributed by atoms with van der Waals surface area (Å²) < 4.78 is 51.6. The number of primary sulfonamides is 1. The number of rotatable bonds is 7. The molecule has 2 aliphatic heterocycles. The molecule has 174 valence electrons. The maximum absolute atomic E-state index is 13.0. The Hall–Kier alpha value is -1.53. The zero-order valence-electron chi connectivity index (χ0n) is 17.9. The van der Waals surface area contributed by atoms with Crippen LogP contribution >= 0.6 is 0 Å². The van der Waals surface area contributed by atoms with Gasteiger partial charge in [0.15, 0.2) is 0 Å². The molecule has 2 heterocycles. The van der Waals surface area contributed by atoms with Crippen LogP contribution < -0.4 is 10.5 Å². The number of nitrogens with zero attached hydrogens (tertiary/aromatic N) is 2. The summed E-state index contributed by atoms with van der Waals surface area (Å²) in [6, 6.07) is 6.22. The van der Waals surface area contributed by atoms with Gasteiger partial charge in [-0.15, -0.1) is 0 Å². The van der Waals surface area contributed by atoms with E-state index >= 15 is 0 Å². The molecule has 0 saturated carbocycles. The van der Waals surface area contributed by atoms with Crippen LogP contribution in [0.4, 0.5) is 0 Å². The minimum absolute atomic E-state index is 0.0481. The number of hydrogen-bond donors (Lipinski definition) is 2. The third-order valence-corrected chi connectivity index (χ3v) is 9.05. The number of amides is 1. The van der Waals surface area contributed by atoms with Crippen LogP contribution in [0, 0.1) is 11.8 Å². The lowest BCUT2D eigenvalue weighted by molar-refractivity contribution is -0.126. The normalized spacial score (nSPS) is 22.3. The summed E-state index contributed by atoms with van der Waals surface area (Å²) in [6.45, 7) is 4.28. The van der Waals surface area contributed by atoms with Crippen molar-refractivity contribution in [3.8, 4) is 0 Å². The van der Waals surface area contributed by atoms with E-state index in [1.165, 1.54) is 16.4 Å². The van der Waals surface area contributed by atoms with Crippen molar-refractivity contribution < 1.29 is 21.6 Å². The van der Waals surface area contributed by atoms with Crippen LogP contribution in [0.2, 0.25) is 0 Å². The standard InChI is InChI=1S/C20H32N4O5S2/c1-16-9-13-23(14-10-16)31(28,29)24-12-2-3-18(15-24)20(25)22-11-8-17-4-6-19(7-5-17)30(21,26)27/h4-7,16,18H,2-3,8-15H2,1H3,(H,22,25)(H2,21,26,27)/t18-/m1/s1. The van der Waals surface area contributed by atoms with Gasteiger partial charge in [0.25, 0.3) is 10.2 Å². The Labute approximate surface area is 185 Å². The smallest absolute Gasteiger partial charge is 0.281 e. The van der Waals surface area contributed by atoms with E-state index in [0.29, 0.717) is 51.4 Å². The van der Waals surface area contributed by atoms with Crippen molar-refractivity contribution in [1.29, 1.82) is 0 Å². The first-order chi connectivity index (χ1) is 14.6. The van der Waals surface area contributed by atoms with Crippen molar-refractivity contribution >= 4 is 26.1 Å². The number of nitrogens with two attached hydrogens (primary N) is 1. The first-order valence-corrected chi connectivity index (χ1v) is 13.7. The molecule has 0 unspecified atom stereocenters. The average molecular weight is 473 g/mol. The van der Waals surface area contributed by atoms with Crippen LogP contribution in [0.5, 0.6) is 0 Å². The molecule has 31 heavy (non-hydrogen) atoms. The predicted molar refractivity (Wildman–Crippen MR) is 118 cm³/mol. The summed E-state index contributed by atoms with van der Waals surface area (Å²) in [5, 5.41) is 7.98. The van der Waals surface area contributed by atoms with Gasteiger partial charge in [0.05, 0.1) is 10.8 Å². The molecule has 1 amide bonds. The lowest BCUT2D eigenvalue weighted by atomic mass is 9.99. The van der Waals surface area contributed by atoms with E-state index in [1.54, 1.807) is 16.4 Å². The Morgan fingerprint density at radius 1 is 1.03 bits per heavy atom. The number of benzene rings is 1. The van der Waals surface area contributed by atoms with Crippen LogP contribution in [-0.2, 0) is 31.4 Å². The minimum Gasteiger partial charge on any atom is -0.355 e. The molecule has 1 aromatic carbocycles. The fourth-order valence-electron chi connectivity index (χ4n) is 4.07. The lowest BCUT2D eigenvalue weighted by Gasteiger charge is -2.37. The molecule has 2 aliphatic rings. The van der Waals surface area contributed by atoms with Crippen molar-refractivity contribution in [2.45, 2.75) is 43.9 Å². The number of piperidine rings is 2. The highest BCUT2D eigenvalue weighted by Crippen LogP contribution is 2.25. The maximum Gasteiger partial charge on any atom is 0.281 e. The summed E-state index contributed by atoms with van der Waals surface area (Å²) in [4.78, 5) is 12.7. The third kappa shape index (κ3) is 6.26. The van der Waals surface area contributed by atoms with Crippen molar-refractivity contribution in [1.82, 2.24) is 13.9 Å². The molecule has 11 heteroatoms. The van der Waals surface area contributed by atoms with Crippen LogP contribution in [0.25, 0.3) is 0 Å². The van der Waals surface area contributed by atoms with Gasteiger partial charge >= 0.3 is 0 Å². The SMILES string of the molecule is CC1CCN(S(=O)(=O)N2CCC[C@@H](C(=O)NCCc3ccc(S(N)(=O)=O)cc3)C2)CC1. The zero-order chi connectivity index (χ0) is 22.6. The minimum atomic E-state index is -3.72. The molecule has 0 spiro atoms. The number of nitrogens with one attached hydrogen (secondary N) is 1. The van der Waals surface area contributed by atoms with Crippen molar-refractivity contribution in [3.63, 3.8) is 0 Å². The summed E-state index contributed by atoms with van der Waals surface area (Å²) in [5.74, 6) is 0.0348. The molecular formula is C20H32N4O5S2. The quantitative estimate of drug-likeness (QED) is 0.603. The molecule has 1 atom stereocenters. The van der Waals surface area contributed by atoms with Crippen LogP contribution in [0.15, 0.2) is 29.2 Å². The Morgan fingerprint density at radius 3 is 2.29 bits per heavy atom. The average Bonchev–Trinajstić information content (AvgIpc) is 2.74. The van der Waals surface area contributed by atoms with Gasteiger partial charge in [-0.25, -0.2) is 13.6 Å². The van der Waals surface area contributed by atoms with E-state index in [9.17, 15) is 21.6 Å². The van der Waals surface area contributed by atoms with Crippen molar-refractivity contribution in [3.05, 3.63) is 29.8 Å². The summed E-state index contributed by atoms with van der Waals surface area (Å²) in [5.41, 5.74) is 0.875. The maximum atomic E-state index is 13.0. The lowest BCUT2D eigenvalue weighted by Crippen LogP contribution is -2.52. The van der Waals surface area contributed by atoms with Gasteiger partial charge in [0.2, 0.25) is 15.9 Å². The van der Waals surface area contributed by atoms with Gasteiger partial charge in [-0.3, -0.25) is 4.79 Å². The van der Waals surface area contributed by atoms with E-state index in [1.807, 2.05) is 0 Å². The molecule has 3 rings (SSSR count). The highest BCUT2D eigenvalue weighted by atomic mass is 32.2. The molecule has 1 aromatic rings. The number of carbonyl (C=O) groups excluding carboxylic acids is 1. The van der Waals surface area contributed by atoms with Gasteiger partial charge in [-0.1, -0.05) is 19.1 Å². The van der Waals surface area contributed by atoms with Gasteiger partial charge in [0, 0.05) is 32.7 Å². The van der Waals surface area contributed by atoms with E-state index in [-0.39, 0.29) is 23.3 Å². The van der Waals surface area contributed by atoms with E-state index in [4.69, 9.17) is 5.14 Å². The monoisotopic (exact) mass is 472 g/mol. The first-order valence-electron chi connectivity index (χ1n) is 10.7. The van der Waals surface area contributed by atoms with E-state index in [2.05, 4.69) is 12.2 Å². The molecule has 0 aromatic heterocycles. The van der Waals surface area contributed by atoms with Crippen LogP contribution in [0.3, 0.4) is 0 Å². The number of hydrogen-bond acceptors (Lipinski definition) is 5. The fraction of sp³-hybridized carbons (Fsp3) is 0.650. The Kier molecular flexibility index (Phi) is 7.74. The van der Waals surface area contributed by atoms with Crippen LogP contribution in [-0.4, -0.2) is 64.1 Å². The van der Waals surface area contributed by atoms with Gasteiger partial charge in [-0.2, -0.15) is 17.0 Å². The first kappa shape index (κ1) is 24.1. The zero-order valence-corrected chi connectivity index (χ0v) is 19.5. The van der Waals surface area contributed by atoms with Gasteiger partial charge in [0.1, 0.15) is 0 Å². The van der Waals surface area contributed by atoms with Gasteiger partial charge < -0.3 is 5.32 Å². The summed E-state index contributed by atoms with van der Waals surface area (Å²) in [7, 11) is -7.25. The topological polar surface area (TPSA) is 130 Å². The molecule has 3 N–H and O–H groups in total. The molecule has 0 bridgehead atoms. The summed E-state index contributed by atoms with van der Waals surface area (Å²) in [6.07, 6.45) is 3.61. The second-order valence-electron chi connectivity index (χ2n) is 8.52. The highest BCUT2D eigenvalue weighted by molar-refractivity contribution is 7.89. The molecule has 2 saturated heterocycles. The van der Waals surface area contributed by atoms with E-state index < -0.39 is 20.2 Å². The Morgan fingerprint density at radius 2 is 1.68 bits per heavy atom. The Bertz CT molecular complexity index is 971. The largest absolute Gasteiger partial charge is 0.355 e. The van der Waals surface area contributed by atoms with Crippen molar-refractivity contribution in [2.24, 2.45) is 17.0 Å². The molecular weight excluding hydrogens is 440 g/mol. The van der Waals surface area contributed by atoms with E-state index in [0.717, 1.165) is 18.4 Å². The number of carbonyl (C=O) groups is 1. The highest BCUT2D eigenvalue weighted by Gasteiger charge is 2.36. The molecule has 0 radical (unpaired) electrons. The third-order valence-electron chi connectivity index (χ3n) is 6.11. The van der Waals surface area contributed by atoms with Crippen molar-refractivity contribution in [2.75, 3.05) is 32.7 Å². The predicted octanol–water partition coefficient (Wildman–Crippen LogP) is 0.681. The fourth-order valence-corrected chi connectivity index (χ4v) is 6.31. The molecule has 9 nitrogen and oxygen atoms in total. The molecule has 0 aliphatic carbocycles. The van der Waals surface area contributed by atoms with Crippen LogP contribution in [0.1, 0.15) is 38.2 Å². The summed E-state index contributed by atoms with van der Waals surface area (Å²) >= 11 is 0. The number of sulfonamides is 1. The Balaban J connectivity index is 1.50. The van der Waals surface area contributed by atoms with Gasteiger partial charge in [-0.05, 0) is 55.7 Å². The second-order valence-corrected chi connectivity index (χ2v) is 12.0. The molecule has 2 fully saturated rings.